The van der Waals surface area contributed by atoms with Crippen molar-refractivity contribution in [3.63, 3.8) is 0 Å². The largest absolute Gasteiger partial charge is 1.00 e. The maximum atomic E-state index is 5.53. The molecule has 2 nitrogen and oxygen atoms in total. The van der Waals surface area contributed by atoms with Gasteiger partial charge in [0.25, 0.3) is 0 Å². The van der Waals surface area contributed by atoms with Crippen LogP contribution in [-0.4, -0.2) is 0 Å². The smallest absolute Gasteiger partial charge is 0.0345 e. The van der Waals surface area contributed by atoms with E-state index in [4.69, 9.17) is 11.5 Å². The highest BCUT2D eigenvalue weighted by Gasteiger charge is 1.90. The SMILES string of the molecule is Cc1cc(N)ccc1N.[Cl-].[Cl-]. The van der Waals surface area contributed by atoms with Crippen molar-refractivity contribution in [1.82, 2.24) is 0 Å². The van der Waals surface area contributed by atoms with Gasteiger partial charge < -0.3 is 36.3 Å². The Morgan fingerprint density at radius 1 is 1.09 bits per heavy atom. The standard InChI is InChI=1S/C7H10N2.2ClH/c1-5-4-6(8)2-3-7(5)9;;/h2-4H,8-9H2,1H3;2*1H/p-2. The first kappa shape index (κ1) is 13.0. The van der Waals surface area contributed by atoms with Crippen molar-refractivity contribution >= 4 is 11.4 Å². The van der Waals surface area contributed by atoms with Gasteiger partial charge in [-0.2, -0.15) is 0 Å². The van der Waals surface area contributed by atoms with Crippen LogP contribution < -0.4 is 36.3 Å². The molecule has 0 saturated heterocycles. The number of benzene rings is 1. The average Bonchev–Trinajstić information content (AvgIpc) is 1.80. The number of aryl methyl sites for hydroxylation is 1. The summed E-state index contributed by atoms with van der Waals surface area (Å²) in [5.41, 5.74) is 13.6. The van der Waals surface area contributed by atoms with Gasteiger partial charge in [-0.05, 0) is 30.7 Å². The summed E-state index contributed by atoms with van der Waals surface area (Å²) in [5.74, 6) is 0. The predicted octanol–water partition coefficient (Wildman–Crippen LogP) is -4.83. The summed E-state index contributed by atoms with van der Waals surface area (Å²) in [5, 5.41) is 0. The van der Waals surface area contributed by atoms with Crippen LogP contribution in [0.25, 0.3) is 0 Å². The van der Waals surface area contributed by atoms with Gasteiger partial charge in [0.15, 0.2) is 0 Å². The Hall–Kier alpha value is -0.600. The molecule has 0 aromatic heterocycles. The third-order valence-corrected chi connectivity index (χ3v) is 1.29. The van der Waals surface area contributed by atoms with Gasteiger partial charge in [-0.1, -0.05) is 0 Å². The van der Waals surface area contributed by atoms with Crippen LogP contribution >= 0.6 is 0 Å². The van der Waals surface area contributed by atoms with Gasteiger partial charge in [-0.3, -0.25) is 0 Å². The lowest BCUT2D eigenvalue weighted by molar-refractivity contribution is -0.00100. The summed E-state index contributed by atoms with van der Waals surface area (Å²) < 4.78 is 0. The summed E-state index contributed by atoms with van der Waals surface area (Å²) >= 11 is 0. The van der Waals surface area contributed by atoms with Crippen molar-refractivity contribution in [2.75, 3.05) is 11.5 Å². The lowest BCUT2D eigenvalue weighted by Gasteiger charge is -1.98. The normalized spacial score (nSPS) is 7.73. The molecule has 0 atom stereocenters. The second-order valence-electron chi connectivity index (χ2n) is 2.12. The van der Waals surface area contributed by atoms with Gasteiger partial charge in [-0.25, -0.2) is 0 Å². The zero-order valence-electron chi connectivity index (χ0n) is 6.14. The maximum Gasteiger partial charge on any atom is 0.0345 e. The van der Waals surface area contributed by atoms with E-state index < -0.39 is 0 Å². The summed E-state index contributed by atoms with van der Waals surface area (Å²) in [6.45, 7) is 1.94. The van der Waals surface area contributed by atoms with Crippen molar-refractivity contribution in [2.45, 2.75) is 6.92 Å². The fourth-order valence-corrected chi connectivity index (χ4v) is 0.699. The van der Waals surface area contributed by atoms with Gasteiger partial charge in [0.2, 0.25) is 0 Å². The molecule has 4 N–H and O–H groups in total. The van der Waals surface area contributed by atoms with Crippen LogP contribution in [0.1, 0.15) is 5.56 Å². The van der Waals surface area contributed by atoms with Gasteiger partial charge in [0.05, 0.1) is 0 Å². The zero-order valence-corrected chi connectivity index (χ0v) is 7.65. The van der Waals surface area contributed by atoms with Crippen LogP contribution in [0.2, 0.25) is 0 Å². The molecule has 0 aliphatic rings. The van der Waals surface area contributed by atoms with E-state index in [0.29, 0.717) is 0 Å². The molecule has 0 aliphatic carbocycles. The first-order chi connectivity index (χ1) is 4.20. The molecule has 0 unspecified atom stereocenters. The van der Waals surface area contributed by atoms with Gasteiger partial charge in [0, 0.05) is 11.4 Å². The number of halogens is 2. The molecule has 0 aliphatic heterocycles. The van der Waals surface area contributed by atoms with E-state index >= 15 is 0 Å². The van der Waals surface area contributed by atoms with E-state index in [9.17, 15) is 0 Å². The first-order valence-electron chi connectivity index (χ1n) is 2.82. The Kier molecular flexibility index (Phi) is 6.04. The molecule has 1 aromatic rings. The minimum absolute atomic E-state index is 0. The highest BCUT2D eigenvalue weighted by Crippen LogP contribution is 2.12. The van der Waals surface area contributed by atoms with Gasteiger partial charge >= 0.3 is 0 Å². The van der Waals surface area contributed by atoms with Crippen LogP contribution in [0, 0.1) is 6.92 Å². The second kappa shape index (κ2) is 5.10. The minimum atomic E-state index is 0. The van der Waals surface area contributed by atoms with E-state index in [-0.39, 0.29) is 24.8 Å². The fourth-order valence-electron chi connectivity index (χ4n) is 0.699. The van der Waals surface area contributed by atoms with Crippen LogP contribution in [0.3, 0.4) is 0 Å². The number of anilines is 2. The Bertz CT molecular complexity index is 226. The van der Waals surface area contributed by atoms with Gasteiger partial charge in [-0.15, -0.1) is 0 Å². The molecule has 1 rings (SSSR count). The van der Waals surface area contributed by atoms with Crippen LogP contribution in [0.4, 0.5) is 11.4 Å². The Morgan fingerprint density at radius 2 is 1.64 bits per heavy atom. The molecular formula is C7H10Cl2N2-2. The molecule has 0 bridgehead atoms. The number of hydrogen-bond acceptors (Lipinski definition) is 2. The van der Waals surface area contributed by atoms with Crippen LogP contribution in [0.15, 0.2) is 18.2 Å². The molecule has 0 saturated carbocycles. The number of nitrogens with two attached hydrogens (primary N) is 2. The molecule has 0 heterocycles. The maximum absolute atomic E-state index is 5.53. The van der Waals surface area contributed by atoms with Crippen molar-refractivity contribution in [1.29, 1.82) is 0 Å². The summed E-state index contributed by atoms with van der Waals surface area (Å²) in [6, 6.07) is 5.46. The Labute approximate surface area is 78.8 Å². The molecular weight excluding hydrogens is 183 g/mol. The molecule has 0 spiro atoms. The lowest BCUT2D eigenvalue weighted by Crippen LogP contribution is -3.00. The van der Waals surface area contributed by atoms with Gasteiger partial charge in [0.1, 0.15) is 0 Å². The van der Waals surface area contributed by atoms with E-state index in [0.717, 1.165) is 16.9 Å². The number of hydrogen-bond donors (Lipinski definition) is 2. The number of nitrogen functional groups attached to an aromatic ring is 2. The third kappa shape index (κ3) is 3.35. The summed E-state index contributed by atoms with van der Waals surface area (Å²) in [6.07, 6.45) is 0. The Morgan fingerprint density at radius 3 is 2.00 bits per heavy atom. The van der Waals surface area contributed by atoms with Crippen molar-refractivity contribution in [3.8, 4) is 0 Å². The lowest BCUT2D eigenvalue weighted by atomic mass is 10.2. The molecule has 0 fully saturated rings. The average molecular weight is 193 g/mol. The molecule has 0 radical (unpaired) electrons. The monoisotopic (exact) mass is 192 g/mol. The molecule has 1 aromatic carbocycles. The summed E-state index contributed by atoms with van der Waals surface area (Å²) in [7, 11) is 0. The summed E-state index contributed by atoms with van der Waals surface area (Å²) in [4.78, 5) is 0. The third-order valence-electron chi connectivity index (χ3n) is 1.29. The molecule has 64 valence electrons. The molecule has 4 heteroatoms. The van der Waals surface area contributed by atoms with Crippen molar-refractivity contribution in [3.05, 3.63) is 23.8 Å². The molecule has 11 heavy (non-hydrogen) atoms. The zero-order chi connectivity index (χ0) is 6.85. The predicted molar refractivity (Wildman–Crippen MR) is 40.0 cm³/mol. The highest BCUT2D eigenvalue weighted by atomic mass is 35.5. The molecule has 0 amide bonds. The first-order valence-corrected chi connectivity index (χ1v) is 2.82. The van der Waals surface area contributed by atoms with Crippen molar-refractivity contribution < 1.29 is 24.8 Å². The fraction of sp³-hybridized carbons (Fsp3) is 0.143. The number of rotatable bonds is 0. The van der Waals surface area contributed by atoms with E-state index in [1.165, 1.54) is 0 Å². The second-order valence-corrected chi connectivity index (χ2v) is 2.12. The highest BCUT2D eigenvalue weighted by molar-refractivity contribution is 5.54. The van der Waals surface area contributed by atoms with Crippen LogP contribution in [-0.2, 0) is 0 Å². The quantitative estimate of drug-likeness (QED) is 0.406. The van der Waals surface area contributed by atoms with E-state index in [2.05, 4.69) is 0 Å². The minimum Gasteiger partial charge on any atom is -1.00 e. The topological polar surface area (TPSA) is 52.0 Å². The van der Waals surface area contributed by atoms with E-state index in [1.807, 2.05) is 19.1 Å². The van der Waals surface area contributed by atoms with Crippen molar-refractivity contribution in [2.24, 2.45) is 0 Å². The Balaban J connectivity index is 0. The van der Waals surface area contributed by atoms with E-state index in [1.54, 1.807) is 6.07 Å². The van der Waals surface area contributed by atoms with Crippen LogP contribution in [0.5, 0.6) is 0 Å².